The van der Waals surface area contributed by atoms with Crippen molar-refractivity contribution in [3.63, 3.8) is 0 Å². The van der Waals surface area contributed by atoms with Gasteiger partial charge in [-0.2, -0.15) is 0 Å². The Labute approximate surface area is 198 Å². The minimum atomic E-state index is -0.518. The van der Waals surface area contributed by atoms with Crippen molar-refractivity contribution in [1.82, 2.24) is 0 Å². The maximum atomic E-state index is 12.9. The van der Waals surface area contributed by atoms with Gasteiger partial charge in [0.1, 0.15) is 6.10 Å². The van der Waals surface area contributed by atoms with Crippen molar-refractivity contribution in [2.45, 2.75) is 51.4 Å². The quantitative estimate of drug-likeness (QED) is 0.315. The van der Waals surface area contributed by atoms with Crippen LogP contribution in [-0.4, -0.2) is 36.9 Å². The summed E-state index contributed by atoms with van der Waals surface area (Å²) in [5.41, 5.74) is 0.535. The van der Waals surface area contributed by atoms with E-state index in [1.54, 1.807) is 19.1 Å². The van der Waals surface area contributed by atoms with Gasteiger partial charge in [0.05, 0.1) is 23.3 Å². The van der Waals surface area contributed by atoms with Crippen LogP contribution in [0.2, 0.25) is 0 Å². The van der Waals surface area contributed by atoms with Crippen molar-refractivity contribution >= 4 is 27.7 Å². The number of Topliss-reactive ketones (excluding diaryl/α,β-unsaturated/α-hetero) is 1. The van der Waals surface area contributed by atoms with Crippen LogP contribution in [-0.2, 0) is 19.0 Å². The third-order valence-electron chi connectivity index (χ3n) is 6.87. The van der Waals surface area contributed by atoms with E-state index < -0.39 is 5.79 Å². The summed E-state index contributed by atoms with van der Waals surface area (Å²) >= 11 is 3.52. The van der Waals surface area contributed by atoms with E-state index in [0.29, 0.717) is 35.6 Å². The predicted octanol–water partition coefficient (Wildman–Crippen LogP) is 4.90. The van der Waals surface area contributed by atoms with Gasteiger partial charge in [-0.1, -0.05) is 31.2 Å². The zero-order valence-electron chi connectivity index (χ0n) is 18.5. The van der Waals surface area contributed by atoms with Gasteiger partial charge in [-0.3, -0.25) is 4.79 Å². The van der Waals surface area contributed by atoms with Crippen LogP contribution in [0.25, 0.3) is 0 Å². The van der Waals surface area contributed by atoms with Gasteiger partial charge in [0.2, 0.25) is 0 Å². The van der Waals surface area contributed by atoms with E-state index in [1.165, 1.54) is 0 Å². The molecule has 1 heterocycles. The summed E-state index contributed by atoms with van der Waals surface area (Å²) in [7, 11) is 0. The summed E-state index contributed by atoms with van der Waals surface area (Å²) in [6.07, 6.45) is 4.48. The van der Waals surface area contributed by atoms with Crippen LogP contribution in [0.1, 0.15) is 49.9 Å². The lowest BCUT2D eigenvalue weighted by Gasteiger charge is -2.27. The Hall–Kier alpha value is -1.94. The number of fused-ring (bicyclic) bond motifs is 1. The highest BCUT2D eigenvalue weighted by Crippen LogP contribution is 2.55. The maximum absolute atomic E-state index is 12.9. The van der Waals surface area contributed by atoms with Crippen LogP contribution in [0.15, 0.2) is 40.9 Å². The van der Waals surface area contributed by atoms with Crippen molar-refractivity contribution in [2.24, 2.45) is 23.7 Å². The number of ether oxygens (including phenoxy) is 3. The average Bonchev–Trinajstić information content (AvgIpc) is 3.48. The molecule has 0 radical (unpaired) electrons. The number of carbonyl (C=O) groups is 2. The first-order chi connectivity index (χ1) is 15.4. The second-order valence-corrected chi connectivity index (χ2v) is 9.83. The van der Waals surface area contributed by atoms with Gasteiger partial charge in [0, 0.05) is 31.1 Å². The second-order valence-electron chi connectivity index (χ2n) is 8.97. The van der Waals surface area contributed by atoms with Crippen LogP contribution in [0, 0.1) is 35.5 Å². The molecule has 6 heteroatoms. The zero-order chi connectivity index (χ0) is 22.7. The molecular formula is C26H29BrO5. The molecule has 0 aromatic heterocycles. The third-order valence-corrected chi connectivity index (χ3v) is 7.53. The summed E-state index contributed by atoms with van der Waals surface area (Å²) in [6.45, 7) is 4.89. The number of hydrogen-bond donors (Lipinski definition) is 0. The number of hydrogen-bond acceptors (Lipinski definition) is 5. The lowest BCUT2D eigenvalue weighted by molar-refractivity contribution is -0.157. The van der Waals surface area contributed by atoms with Gasteiger partial charge < -0.3 is 14.2 Å². The lowest BCUT2D eigenvalue weighted by atomic mass is 9.89. The van der Waals surface area contributed by atoms with Crippen molar-refractivity contribution in [3.05, 3.63) is 46.5 Å². The van der Waals surface area contributed by atoms with Gasteiger partial charge in [-0.05, 0) is 53.2 Å². The minimum Gasteiger partial charge on any atom is -0.458 e. The fourth-order valence-electron chi connectivity index (χ4n) is 5.30. The Morgan fingerprint density at radius 2 is 1.97 bits per heavy atom. The first-order valence-corrected chi connectivity index (χ1v) is 12.1. The van der Waals surface area contributed by atoms with E-state index in [1.807, 2.05) is 31.2 Å². The Bertz CT molecular complexity index is 938. The summed E-state index contributed by atoms with van der Waals surface area (Å²) in [6, 6.07) is 9.04. The Morgan fingerprint density at radius 3 is 2.66 bits per heavy atom. The van der Waals surface area contributed by atoms with E-state index in [4.69, 9.17) is 14.2 Å². The van der Waals surface area contributed by atoms with Gasteiger partial charge >= 0.3 is 5.97 Å². The molecule has 5 atom stereocenters. The number of esters is 1. The van der Waals surface area contributed by atoms with Crippen molar-refractivity contribution in [1.29, 1.82) is 0 Å². The summed E-state index contributed by atoms with van der Waals surface area (Å²) in [4.78, 5) is 25.7. The molecule has 1 aromatic carbocycles. The van der Waals surface area contributed by atoms with E-state index in [0.717, 1.165) is 19.3 Å². The first kappa shape index (κ1) is 23.2. The topological polar surface area (TPSA) is 61.8 Å². The van der Waals surface area contributed by atoms with Crippen molar-refractivity contribution in [2.75, 3.05) is 13.2 Å². The molecule has 32 heavy (non-hydrogen) atoms. The molecule has 1 spiro atoms. The largest absolute Gasteiger partial charge is 0.458 e. The van der Waals surface area contributed by atoms with Gasteiger partial charge in [0.15, 0.2) is 11.6 Å². The molecular weight excluding hydrogens is 472 g/mol. The number of halogens is 1. The maximum Gasteiger partial charge on any atom is 0.338 e. The fourth-order valence-corrected chi connectivity index (χ4v) is 6.00. The monoisotopic (exact) mass is 500 g/mol. The normalized spacial score (nSPS) is 29.3. The predicted molar refractivity (Wildman–Crippen MR) is 124 cm³/mol. The van der Waals surface area contributed by atoms with Crippen molar-refractivity contribution < 1.29 is 23.8 Å². The first-order valence-electron chi connectivity index (χ1n) is 11.3. The fraction of sp³-hybridized carbons (Fsp3) is 0.538. The minimum absolute atomic E-state index is 0.0189. The molecule has 0 bridgehead atoms. The highest BCUT2D eigenvalue weighted by Gasteiger charge is 2.57. The molecule has 2 saturated carbocycles. The molecule has 4 rings (SSSR count). The molecule has 170 valence electrons. The van der Waals surface area contributed by atoms with Gasteiger partial charge in [0.25, 0.3) is 0 Å². The van der Waals surface area contributed by atoms with Crippen LogP contribution in [0.4, 0.5) is 0 Å². The van der Waals surface area contributed by atoms with E-state index in [-0.39, 0.29) is 35.6 Å². The van der Waals surface area contributed by atoms with Crippen LogP contribution in [0.5, 0.6) is 0 Å². The van der Waals surface area contributed by atoms with Crippen LogP contribution in [0.3, 0.4) is 0 Å². The lowest BCUT2D eigenvalue weighted by Crippen LogP contribution is -2.31. The highest BCUT2D eigenvalue weighted by atomic mass is 79.9. The smallest absolute Gasteiger partial charge is 0.338 e. The summed E-state index contributed by atoms with van der Waals surface area (Å²) < 4.78 is 18.4. The Balaban J connectivity index is 1.55. The van der Waals surface area contributed by atoms with E-state index in [9.17, 15) is 9.59 Å². The molecule has 1 saturated heterocycles. The molecule has 0 amide bonds. The number of ketones is 1. The standard InChI is InChI=1S/C26H29BrO5/c1-3-4-8-17(2)24(28)22(27)14-20-21-16-26(30-11-12-31-26)15-19(21)13-23(20)32-25(29)18-9-6-5-7-10-18/h5-7,9-10,14,17,19-21,23H,8,11-13,15-16H2,1-2H3/t17?,19-,20-,21+,23-/m1/s1. The Kier molecular flexibility index (Phi) is 7.19. The molecule has 5 nitrogen and oxygen atoms in total. The highest BCUT2D eigenvalue weighted by molar-refractivity contribution is 9.12. The van der Waals surface area contributed by atoms with Gasteiger partial charge in [-0.25, -0.2) is 4.79 Å². The summed E-state index contributed by atoms with van der Waals surface area (Å²) in [5, 5.41) is 0. The Morgan fingerprint density at radius 1 is 1.25 bits per heavy atom. The SMILES string of the molecule is CC#CCC(C)C(=O)C(Br)=C[C@@H]1[C@H]2CC3(C[C@H]2C[C@H]1OC(=O)c1ccccc1)OCCO3. The molecule has 1 aliphatic heterocycles. The molecule has 1 aromatic rings. The number of benzene rings is 1. The molecule has 3 aliphatic rings. The average molecular weight is 501 g/mol. The van der Waals surface area contributed by atoms with E-state index in [2.05, 4.69) is 27.8 Å². The number of carbonyl (C=O) groups excluding carboxylic acids is 2. The summed E-state index contributed by atoms with van der Waals surface area (Å²) in [5.74, 6) is 5.27. The second kappa shape index (κ2) is 9.91. The zero-order valence-corrected chi connectivity index (χ0v) is 20.1. The molecule has 2 aliphatic carbocycles. The van der Waals surface area contributed by atoms with Crippen LogP contribution >= 0.6 is 15.9 Å². The molecule has 3 fully saturated rings. The van der Waals surface area contributed by atoms with Gasteiger partial charge in [-0.15, -0.1) is 11.8 Å². The van der Waals surface area contributed by atoms with Crippen LogP contribution < -0.4 is 0 Å². The van der Waals surface area contributed by atoms with E-state index >= 15 is 0 Å². The third kappa shape index (κ3) is 4.85. The molecule has 0 N–H and O–H groups in total. The molecule has 1 unspecified atom stereocenters. The van der Waals surface area contributed by atoms with Crippen molar-refractivity contribution in [3.8, 4) is 11.8 Å². The number of allylic oxidation sites excluding steroid dienone is 1. The number of rotatable bonds is 6.